The molecule has 2 atom stereocenters. The molecule has 0 saturated carbocycles. The Morgan fingerprint density at radius 1 is 1.26 bits per heavy atom. The fraction of sp³-hybridized carbons (Fsp3) is 0.632. The van der Waals surface area contributed by atoms with Gasteiger partial charge in [-0.15, -0.1) is 11.3 Å². The molecule has 27 heavy (non-hydrogen) atoms. The number of anilines is 1. The average Bonchev–Trinajstić information content (AvgIpc) is 2.87. The molecule has 2 heterocycles. The number of nitrogens with two attached hydrogens (primary N) is 1. The number of piperidine rings is 1. The van der Waals surface area contributed by atoms with E-state index in [-0.39, 0.29) is 29.0 Å². The number of esters is 1. The molecule has 1 aliphatic heterocycles. The second kappa shape index (κ2) is 8.84. The van der Waals surface area contributed by atoms with Gasteiger partial charge in [-0.2, -0.15) is 0 Å². The summed E-state index contributed by atoms with van der Waals surface area (Å²) in [4.78, 5) is 39.2. The van der Waals surface area contributed by atoms with Crippen LogP contribution < -0.4 is 11.1 Å². The quantitative estimate of drug-likeness (QED) is 0.721. The van der Waals surface area contributed by atoms with Crippen molar-refractivity contribution in [1.29, 1.82) is 0 Å². The smallest absolute Gasteiger partial charge is 0.341 e. The lowest BCUT2D eigenvalue weighted by molar-refractivity contribution is -0.118. The number of primary amides is 1. The molecule has 7 nitrogen and oxygen atoms in total. The van der Waals surface area contributed by atoms with Crippen molar-refractivity contribution < 1.29 is 19.1 Å². The Kier molecular flexibility index (Phi) is 7.00. The number of ether oxygens (including phenoxy) is 1. The van der Waals surface area contributed by atoms with E-state index in [9.17, 15) is 14.4 Å². The molecule has 0 radical (unpaired) electrons. The fourth-order valence-corrected chi connectivity index (χ4v) is 4.54. The van der Waals surface area contributed by atoms with Crippen molar-refractivity contribution >= 4 is 34.1 Å². The average molecular weight is 396 g/mol. The summed E-state index contributed by atoms with van der Waals surface area (Å²) in [5, 5.41) is 3.11. The molecule has 2 rings (SSSR count). The van der Waals surface area contributed by atoms with Crippen LogP contribution in [0.4, 0.5) is 5.00 Å². The van der Waals surface area contributed by atoms with Crippen molar-refractivity contribution in [3.05, 3.63) is 16.0 Å². The van der Waals surface area contributed by atoms with E-state index in [4.69, 9.17) is 10.5 Å². The third-order valence-corrected chi connectivity index (χ3v) is 6.09. The first-order valence-corrected chi connectivity index (χ1v) is 10.1. The van der Waals surface area contributed by atoms with Gasteiger partial charge in [-0.25, -0.2) is 4.79 Å². The van der Waals surface area contributed by atoms with E-state index >= 15 is 0 Å². The first-order chi connectivity index (χ1) is 12.6. The minimum Gasteiger partial charge on any atom is -0.459 e. The lowest BCUT2D eigenvalue weighted by Gasteiger charge is -2.38. The Morgan fingerprint density at radius 2 is 1.85 bits per heavy atom. The number of carbonyl (C=O) groups is 3. The lowest BCUT2D eigenvalue weighted by atomic mass is 9.97. The molecule has 150 valence electrons. The molecule has 3 N–H and O–H groups in total. The Balaban J connectivity index is 2.23. The van der Waals surface area contributed by atoms with Gasteiger partial charge in [0.1, 0.15) is 5.00 Å². The number of thiophene rings is 1. The summed E-state index contributed by atoms with van der Waals surface area (Å²) in [6.07, 6.45) is 2.98. The van der Waals surface area contributed by atoms with Crippen LogP contribution in [0.1, 0.15) is 72.6 Å². The number of nitrogens with zero attached hydrogens (tertiary/aromatic N) is 1. The van der Waals surface area contributed by atoms with Crippen molar-refractivity contribution in [3.8, 4) is 0 Å². The van der Waals surface area contributed by atoms with E-state index in [1.165, 1.54) is 0 Å². The van der Waals surface area contributed by atoms with Crippen molar-refractivity contribution in [2.24, 2.45) is 5.73 Å². The molecular weight excluding hydrogens is 366 g/mol. The molecule has 0 aliphatic carbocycles. The second-order valence-corrected chi connectivity index (χ2v) is 8.45. The highest BCUT2D eigenvalue weighted by atomic mass is 32.1. The zero-order chi connectivity index (χ0) is 20.3. The Bertz CT molecular complexity index is 719. The van der Waals surface area contributed by atoms with Gasteiger partial charge in [-0.05, 0) is 53.0 Å². The number of carbonyl (C=O) groups excluding carboxylic acids is 3. The molecule has 1 aromatic heterocycles. The molecule has 8 heteroatoms. The number of amides is 2. The van der Waals surface area contributed by atoms with E-state index in [0.717, 1.165) is 30.6 Å². The standard InChI is InChI=1S/C19H29N3O4S/c1-10(2)26-19(25)15-13(5)16(17(20)24)27-18(15)21-14(23)9-22-11(3)7-6-8-12(22)4/h10-12H,6-9H2,1-5H3,(H2,20,24)(H,21,23)/t11-,12+. The summed E-state index contributed by atoms with van der Waals surface area (Å²) in [7, 11) is 0. The predicted octanol–water partition coefficient (Wildman–Crippen LogP) is 2.92. The van der Waals surface area contributed by atoms with Crippen molar-refractivity contribution in [3.63, 3.8) is 0 Å². The van der Waals surface area contributed by atoms with Crippen LogP contribution in [0.25, 0.3) is 0 Å². The summed E-state index contributed by atoms with van der Waals surface area (Å²) in [5.41, 5.74) is 6.06. The zero-order valence-corrected chi connectivity index (χ0v) is 17.4. The number of hydrogen-bond acceptors (Lipinski definition) is 6. The molecule has 2 amide bonds. The zero-order valence-electron chi connectivity index (χ0n) is 16.6. The van der Waals surface area contributed by atoms with E-state index in [1.807, 2.05) is 0 Å². The van der Waals surface area contributed by atoms with Crippen LogP contribution in [0.5, 0.6) is 0 Å². The van der Waals surface area contributed by atoms with Crippen molar-refractivity contribution in [2.45, 2.75) is 72.1 Å². The Hall–Kier alpha value is -1.93. The van der Waals surface area contributed by atoms with Crippen LogP contribution in [-0.2, 0) is 9.53 Å². The molecule has 0 aromatic carbocycles. The van der Waals surface area contributed by atoms with Crippen molar-refractivity contribution in [1.82, 2.24) is 4.90 Å². The SMILES string of the molecule is Cc1c(C(N)=O)sc(NC(=O)CN2[C@H](C)CCC[C@@H]2C)c1C(=O)OC(C)C. The van der Waals surface area contributed by atoms with Gasteiger partial charge in [0.05, 0.1) is 23.1 Å². The van der Waals surface area contributed by atoms with Crippen molar-refractivity contribution in [2.75, 3.05) is 11.9 Å². The third kappa shape index (κ3) is 5.07. The summed E-state index contributed by atoms with van der Waals surface area (Å²) in [6, 6.07) is 0.659. The van der Waals surface area contributed by atoms with Gasteiger partial charge in [-0.1, -0.05) is 6.42 Å². The van der Waals surface area contributed by atoms with Gasteiger partial charge < -0.3 is 15.8 Å². The van der Waals surface area contributed by atoms with Gasteiger partial charge in [-0.3, -0.25) is 14.5 Å². The number of hydrogen-bond donors (Lipinski definition) is 2. The number of rotatable bonds is 6. The Labute approximate surface area is 164 Å². The molecule has 0 spiro atoms. The third-order valence-electron chi connectivity index (χ3n) is 4.87. The summed E-state index contributed by atoms with van der Waals surface area (Å²) >= 11 is 1.02. The van der Waals surface area contributed by atoms with E-state index < -0.39 is 11.9 Å². The van der Waals surface area contributed by atoms with E-state index in [0.29, 0.717) is 22.6 Å². The molecule has 1 saturated heterocycles. The maximum atomic E-state index is 12.6. The molecular formula is C19H29N3O4S. The molecule has 0 bridgehead atoms. The van der Waals surface area contributed by atoms with E-state index in [2.05, 4.69) is 24.1 Å². The predicted molar refractivity (Wildman–Crippen MR) is 106 cm³/mol. The molecule has 1 fully saturated rings. The van der Waals surface area contributed by atoms with Crippen LogP contribution in [0.3, 0.4) is 0 Å². The van der Waals surface area contributed by atoms with Gasteiger partial charge in [0.25, 0.3) is 5.91 Å². The summed E-state index contributed by atoms with van der Waals surface area (Å²) < 4.78 is 5.27. The fourth-order valence-electron chi connectivity index (χ4n) is 3.47. The summed E-state index contributed by atoms with van der Waals surface area (Å²) in [6.45, 7) is 9.60. The molecule has 1 aromatic rings. The maximum Gasteiger partial charge on any atom is 0.341 e. The molecule has 0 unspecified atom stereocenters. The minimum atomic E-state index is -0.630. The second-order valence-electron chi connectivity index (χ2n) is 7.43. The van der Waals surface area contributed by atoms with Gasteiger partial charge in [0.15, 0.2) is 0 Å². The first-order valence-electron chi connectivity index (χ1n) is 9.31. The lowest BCUT2D eigenvalue weighted by Crippen LogP contribution is -2.47. The van der Waals surface area contributed by atoms with Crippen LogP contribution in [0.2, 0.25) is 0 Å². The normalized spacial score (nSPS) is 20.5. The van der Waals surface area contributed by atoms with Crippen LogP contribution in [-0.4, -0.2) is 47.4 Å². The van der Waals surface area contributed by atoms with E-state index in [1.54, 1.807) is 20.8 Å². The van der Waals surface area contributed by atoms with Crippen LogP contribution in [0.15, 0.2) is 0 Å². The first kappa shape index (κ1) is 21.4. The largest absolute Gasteiger partial charge is 0.459 e. The number of nitrogens with one attached hydrogen (secondary N) is 1. The van der Waals surface area contributed by atoms with Gasteiger partial charge >= 0.3 is 5.97 Å². The highest BCUT2D eigenvalue weighted by molar-refractivity contribution is 7.18. The Morgan fingerprint density at radius 3 is 2.37 bits per heavy atom. The monoisotopic (exact) mass is 395 g/mol. The van der Waals surface area contributed by atoms with Crippen LogP contribution >= 0.6 is 11.3 Å². The van der Waals surface area contributed by atoms with Gasteiger partial charge in [0.2, 0.25) is 5.91 Å². The molecule has 1 aliphatic rings. The highest BCUT2D eigenvalue weighted by Gasteiger charge is 2.29. The van der Waals surface area contributed by atoms with Gasteiger partial charge in [0, 0.05) is 12.1 Å². The maximum absolute atomic E-state index is 12.6. The minimum absolute atomic E-state index is 0.204. The number of likely N-dealkylation sites (tertiary alicyclic amines) is 1. The topological polar surface area (TPSA) is 102 Å². The summed E-state index contributed by atoms with van der Waals surface area (Å²) in [5.74, 6) is -1.41. The highest BCUT2D eigenvalue weighted by Crippen LogP contribution is 2.34. The van der Waals surface area contributed by atoms with Crippen LogP contribution in [0, 0.1) is 6.92 Å².